The average Bonchev–Trinajstić information content (AvgIpc) is 3.34. The second-order valence-corrected chi connectivity index (χ2v) is 7.48. The molecule has 3 aliphatic rings. The highest BCUT2D eigenvalue weighted by Crippen LogP contribution is 2.32. The fourth-order valence-corrected chi connectivity index (χ4v) is 4.34. The second kappa shape index (κ2) is 7.21. The maximum Gasteiger partial charge on any atom is 0.231 e. The van der Waals surface area contributed by atoms with Gasteiger partial charge in [0, 0.05) is 38.1 Å². The smallest absolute Gasteiger partial charge is 0.231 e. The number of rotatable bonds is 3. The van der Waals surface area contributed by atoms with Crippen LogP contribution in [-0.4, -0.2) is 47.3 Å². The molecule has 1 saturated carbocycles. The summed E-state index contributed by atoms with van der Waals surface area (Å²) >= 11 is 0. The Hall–Kier alpha value is -1.43. The molecule has 1 unspecified atom stereocenters. The highest BCUT2D eigenvalue weighted by Gasteiger charge is 2.33. The SMILES string of the molecule is O=C(C1CCCC1)N1CCCC(c2nc(C3CCOCC3)no2)C1. The molecule has 2 aliphatic heterocycles. The number of hydrogen-bond acceptors (Lipinski definition) is 5. The molecule has 1 aromatic heterocycles. The lowest BCUT2D eigenvalue weighted by Gasteiger charge is -2.32. The van der Waals surface area contributed by atoms with Crippen molar-refractivity contribution in [3.05, 3.63) is 11.7 Å². The van der Waals surface area contributed by atoms with Gasteiger partial charge in [0.2, 0.25) is 11.8 Å². The average molecular weight is 333 g/mol. The van der Waals surface area contributed by atoms with Gasteiger partial charge in [-0.3, -0.25) is 4.79 Å². The number of carbonyl (C=O) groups is 1. The molecule has 1 atom stereocenters. The molecule has 0 aromatic carbocycles. The molecule has 24 heavy (non-hydrogen) atoms. The minimum absolute atomic E-state index is 0.199. The van der Waals surface area contributed by atoms with Crippen molar-refractivity contribution >= 4 is 5.91 Å². The molecule has 0 bridgehead atoms. The first-order chi connectivity index (χ1) is 11.8. The highest BCUT2D eigenvalue weighted by atomic mass is 16.5. The lowest BCUT2D eigenvalue weighted by atomic mass is 9.95. The Morgan fingerprint density at radius 2 is 1.79 bits per heavy atom. The highest BCUT2D eigenvalue weighted by molar-refractivity contribution is 5.79. The summed E-state index contributed by atoms with van der Waals surface area (Å²) in [4.78, 5) is 19.4. The molecule has 0 radical (unpaired) electrons. The standard InChI is InChI=1S/C18H27N3O3/c22-18(14-4-1-2-5-14)21-9-3-6-15(12-21)17-19-16(20-24-17)13-7-10-23-11-8-13/h13-15H,1-12H2. The summed E-state index contributed by atoms with van der Waals surface area (Å²) in [6, 6.07) is 0. The lowest BCUT2D eigenvalue weighted by molar-refractivity contribution is -0.136. The van der Waals surface area contributed by atoms with Crippen molar-refractivity contribution in [2.75, 3.05) is 26.3 Å². The molecule has 3 heterocycles. The molecule has 6 heteroatoms. The van der Waals surface area contributed by atoms with Crippen LogP contribution in [0.5, 0.6) is 0 Å². The maximum atomic E-state index is 12.7. The zero-order valence-corrected chi connectivity index (χ0v) is 14.3. The van der Waals surface area contributed by atoms with E-state index >= 15 is 0 Å². The molecule has 1 amide bonds. The van der Waals surface area contributed by atoms with Crippen LogP contribution in [0.4, 0.5) is 0 Å². The lowest BCUT2D eigenvalue weighted by Crippen LogP contribution is -2.41. The third-order valence-corrected chi connectivity index (χ3v) is 5.83. The normalized spacial score (nSPS) is 26.8. The molecule has 0 N–H and O–H groups in total. The quantitative estimate of drug-likeness (QED) is 0.851. The molecular formula is C18H27N3O3. The van der Waals surface area contributed by atoms with Crippen LogP contribution in [0.25, 0.3) is 0 Å². The van der Waals surface area contributed by atoms with E-state index in [1.807, 2.05) is 4.90 Å². The number of amides is 1. The summed E-state index contributed by atoms with van der Waals surface area (Å²) in [6.07, 6.45) is 8.52. The van der Waals surface area contributed by atoms with E-state index in [4.69, 9.17) is 9.26 Å². The Morgan fingerprint density at radius 3 is 2.58 bits per heavy atom. The van der Waals surface area contributed by atoms with Crippen LogP contribution >= 0.6 is 0 Å². The number of likely N-dealkylation sites (tertiary alicyclic amines) is 1. The number of piperidine rings is 1. The van der Waals surface area contributed by atoms with E-state index in [1.165, 1.54) is 12.8 Å². The van der Waals surface area contributed by atoms with Crippen LogP contribution in [0.1, 0.15) is 74.9 Å². The van der Waals surface area contributed by atoms with Crippen molar-refractivity contribution in [3.8, 4) is 0 Å². The maximum absolute atomic E-state index is 12.7. The molecule has 3 fully saturated rings. The molecule has 1 aromatic rings. The van der Waals surface area contributed by atoms with Crippen molar-refractivity contribution in [2.45, 2.75) is 63.2 Å². The minimum atomic E-state index is 0.199. The summed E-state index contributed by atoms with van der Waals surface area (Å²) < 4.78 is 11.0. The van der Waals surface area contributed by atoms with Gasteiger partial charge in [0.1, 0.15) is 0 Å². The molecule has 2 saturated heterocycles. The van der Waals surface area contributed by atoms with E-state index in [2.05, 4.69) is 10.1 Å². The summed E-state index contributed by atoms with van der Waals surface area (Å²) in [5.41, 5.74) is 0. The number of carbonyl (C=O) groups excluding carboxylic acids is 1. The van der Waals surface area contributed by atoms with Gasteiger partial charge in [-0.2, -0.15) is 4.98 Å². The van der Waals surface area contributed by atoms with E-state index in [-0.39, 0.29) is 11.8 Å². The van der Waals surface area contributed by atoms with Crippen LogP contribution in [0.3, 0.4) is 0 Å². The fourth-order valence-electron chi connectivity index (χ4n) is 4.34. The zero-order valence-electron chi connectivity index (χ0n) is 14.3. The first-order valence-electron chi connectivity index (χ1n) is 9.51. The first kappa shape index (κ1) is 16.1. The van der Waals surface area contributed by atoms with Crippen molar-refractivity contribution in [1.29, 1.82) is 0 Å². The van der Waals surface area contributed by atoms with Gasteiger partial charge in [-0.05, 0) is 38.5 Å². The number of aromatic nitrogens is 2. The molecular weight excluding hydrogens is 306 g/mol. The van der Waals surface area contributed by atoms with Gasteiger partial charge < -0.3 is 14.2 Å². The van der Waals surface area contributed by atoms with Crippen LogP contribution in [0.2, 0.25) is 0 Å². The summed E-state index contributed by atoms with van der Waals surface area (Å²) in [6.45, 7) is 3.18. The predicted octanol–water partition coefficient (Wildman–Crippen LogP) is 2.86. The topological polar surface area (TPSA) is 68.5 Å². The van der Waals surface area contributed by atoms with Crippen molar-refractivity contribution < 1.29 is 14.1 Å². The van der Waals surface area contributed by atoms with Crippen LogP contribution in [0.15, 0.2) is 4.52 Å². The third-order valence-electron chi connectivity index (χ3n) is 5.83. The van der Waals surface area contributed by atoms with Crippen molar-refractivity contribution in [1.82, 2.24) is 15.0 Å². The zero-order chi connectivity index (χ0) is 16.4. The Kier molecular flexibility index (Phi) is 4.83. The monoisotopic (exact) mass is 333 g/mol. The van der Waals surface area contributed by atoms with Crippen molar-refractivity contribution in [2.24, 2.45) is 5.92 Å². The molecule has 6 nitrogen and oxygen atoms in total. The Bertz CT molecular complexity index is 562. The Labute approximate surface area is 142 Å². The van der Waals surface area contributed by atoms with Gasteiger partial charge in [-0.25, -0.2) is 0 Å². The van der Waals surface area contributed by atoms with E-state index in [1.54, 1.807) is 0 Å². The first-order valence-corrected chi connectivity index (χ1v) is 9.51. The number of nitrogens with zero attached hydrogens (tertiary/aromatic N) is 3. The molecule has 0 spiro atoms. The third kappa shape index (κ3) is 3.34. The molecule has 1 aliphatic carbocycles. The van der Waals surface area contributed by atoms with E-state index in [9.17, 15) is 4.79 Å². The van der Waals surface area contributed by atoms with E-state index in [0.717, 1.165) is 76.5 Å². The second-order valence-electron chi connectivity index (χ2n) is 7.48. The van der Waals surface area contributed by atoms with Gasteiger partial charge >= 0.3 is 0 Å². The van der Waals surface area contributed by atoms with Gasteiger partial charge in [0.15, 0.2) is 5.82 Å². The van der Waals surface area contributed by atoms with Crippen LogP contribution < -0.4 is 0 Å². The van der Waals surface area contributed by atoms with Gasteiger partial charge in [-0.15, -0.1) is 0 Å². The van der Waals surface area contributed by atoms with Gasteiger partial charge in [-0.1, -0.05) is 18.0 Å². The van der Waals surface area contributed by atoms with Gasteiger partial charge in [0.05, 0.1) is 5.92 Å². The Balaban J connectivity index is 1.40. The van der Waals surface area contributed by atoms with Gasteiger partial charge in [0.25, 0.3) is 0 Å². The van der Waals surface area contributed by atoms with Crippen molar-refractivity contribution in [3.63, 3.8) is 0 Å². The summed E-state index contributed by atoms with van der Waals surface area (Å²) in [5.74, 6) is 2.71. The number of ether oxygens (including phenoxy) is 1. The molecule has 4 rings (SSSR count). The Morgan fingerprint density at radius 1 is 1.00 bits per heavy atom. The predicted molar refractivity (Wildman–Crippen MR) is 87.6 cm³/mol. The summed E-state index contributed by atoms with van der Waals surface area (Å²) in [5, 5.41) is 4.22. The minimum Gasteiger partial charge on any atom is -0.381 e. The largest absolute Gasteiger partial charge is 0.381 e. The summed E-state index contributed by atoms with van der Waals surface area (Å²) in [7, 11) is 0. The van der Waals surface area contributed by atoms with Crippen LogP contribution in [-0.2, 0) is 9.53 Å². The van der Waals surface area contributed by atoms with E-state index in [0.29, 0.717) is 11.8 Å². The molecule has 132 valence electrons. The fraction of sp³-hybridized carbons (Fsp3) is 0.833. The van der Waals surface area contributed by atoms with E-state index < -0.39 is 0 Å². The number of hydrogen-bond donors (Lipinski definition) is 0. The van der Waals surface area contributed by atoms with Crippen LogP contribution in [0, 0.1) is 5.92 Å².